The maximum absolute atomic E-state index is 3.58. The molecule has 2 aromatic rings. The van der Waals surface area contributed by atoms with Crippen molar-refractivity contribution in [2.24, 2.45) is 0 Å². The standard InChI is InChI=1S/C16H22N2/c1-16(2,3)10-5-6-14-12(7-10)13-8-11(17-4)9-15(13)18-14/h5-7,11,17-18H,8-9H2,1-4H3. The molecule has 96 valence electrons. The summed E-state index contributed by atoms with van der Waals surface area (Å²) in [5.41, 5.74) is 5.89. The van der Waals surface area contributed by atoms with E-state index < -0.39 is 0 Å². The van der Waals surface area contributed by atoms with Crippen LogP contribution in [0.25, 0.3) is 10.9 Å². The van der Waals surface area contributed by atoms with E-state index in [1.165, 1.54) is 27.7 Å². The first-order chi connectivity index (χ1) is 8.49. The summed E-state index contributed by atoms with van der Waals surface area (Å²) in [6.45, 7) is 6.83. The highest BCUT2D eigenvalue weighted by Gasteiger charge is 2.25. The zero-order valence-electron chi connectivity index (χ0n) is 11.7. The lowest BCUT2D eigenvalue weighted by atomic mass is 9.86. The SMILES string of the molecule is CNC1Cc2[nH]c3ccc(C(C)(C)C)cc3c2C1. The summed E-state index contributed by atoms with van der Waals surface area (Å²) in [5, 5.41) is 4.81. The van der Waals surface area contributed by atoms with Crippen LogP contribution in [0.2, 0.25) is 0 Å². The van der Waals surface area contributed by atoms with Gasteiger partial charge in [-0.3, -0.25) is 0 Å². The van der Waals surface area contributed by atoms with Crippen LogP contribution in [-0.2, 0) is 18.3 Å². The molecule has 1 aliphatic rings. The van der Waals surface area contributed by atoms with Crippen molar-refractivity contribution in [3.63, 3.8) is 0 Å². The van der Waals surface area contributed by atoms with Crippen LogP contribution in [0.4, 0.5) is 0 Å². The summed E-state index contributed by atoms with van der Waals surface area (Å²) in [5.74, 6) is 0. The Morgan fingerprint density at radius 3 is 2.67 bits per heavy atom. The minimum absolute atomic E-state index is 0.222. The molecule has 0 radical (unpaired) electrons. The molecule has 0 saturated carbocycles. The maximum Gasteiger partial charge on any atom is 0.0459 e. The Hall–Kier alpha value is -1.28. The van der Waals surface area contributed by atoms with Gasteiger partial charge in [0.2, 0.25) is 0 Å². The van der Waals surface area contributed by atoms with Crippen molar-refractivity contribution in [1.82, 2.24) is 10.3 Å². The third-order valence-corrected chi connectivity index (χ3v) is 4.17. The van der Waals surface area contributed by atoms with Gasteiger partial charge in [-0.05, 0) is 42.1 Å². The number of aromatic nitrogens is 1. The Kier molecular flexibility index (Phi) is 2.53. The number of benzene rings is 1. The van der Waals surface area contributed by atoms with Crippen LogP contribution in [0, 0.1) is 0 Å². The van der Waals surface area contributed by atoms with Crippen molar-refractivity contribution in [1.29, 1.82) is 0 Å². The van der Waals surface area contributed by atoms with Crippen LogP contribution < -0.4 is 5.32 Å². The lowest BCUT2D eigenvalue weighted by molar-refractivity contribution is 0.588. The topological polar surface area (TPSA) is 27.8 Å². The number of nitrogens with one attached hydrogen (secondary N) is 2. The van der Waals surface area contributed by atoms with E-state index in [-0.39, 0.29) is 5.41 Å². The van der Waals surface area contributed by atoms with Crippen LogP contribution in [0.15, 0.2) is 18.2 Å². The van der Waals surface area contributed by atoms with Crippen molar-refractivity contribution in [3.05, 3.63) is 35.0 Å². The number of rotatable bonds is 1. The van der Waals surface area contributed by atoms with E-state index in [0.29, 0.717) is 6.04 Å². The van der Waals surface area contributed by atoms with Crippen molar-refractivity contribution in [2.75, 3.05) is 7.05 Å². The van der Waals surface area contributed by atoms with E-state index in [4.69, 9.17) is 0 Å². The molecule has 0 aliphatic heterocycles. The lowest BCUT2D eigenvalue weighted by Crippen LogP contribution is -2.25. The molecule has 0 saturated heterocycles. The Bertz CT molecular complexity index is 587. The van der Waals surface area contributed by atoms with Gasteiger partial charge in [-0.1, -0.05) is 26.8 Å². The fourth-order valence-corrected chi connectivity index (χ4v) is 2.95. The van der Waals surface area contributed by atoms with E-state index in [1.54, 1.807) is 0 Å². The number of hydrogen-bond acceptors (Lipinski definition) is 1. The smallest absolute Gasteiger partial charge is 0.0459 e. The molecular formula is C16H22N2. The largest absolute Gasteiger partial charge is 0.358 e. The average molecular weight is 242 g/mol. The molecule has 1 aliphatic carbocycles. The second-order valence-electron chi connectivity index (χ2n) is 6.49. The maximum atomic E-state index is 3.58. The number of aromatic amines is 1. The van der Waals surface area contributed by atoms with Crippen LogP contribution in [0.1, 0.15) is 37.6 Å². The molecule has 0 fully saturated rings. The first-order valence-electron chi connectivity index (χ1n) is 6.80. The highest BCUT2D eigenvalue weighted by Crippen LogP contribution is 2.33. The second-order valence-corrected chi connectivity index (χ2v) is 6.49. The zero-order valence-corrected chi connectivity index (χ0v) is 11.7. The van der Waals surface area contributed by atoms with Gasteiger partial charge in [0.05, 0.1) is 0 Å². The van der Waals surface area contributed by atoms with Crippen LogP contribution >= 0.6 is 0 Å². The van der Waals surface area contributed by atoms with Gasteiger partial charge < -0.3 is 10.3 Å². The number of likely N-dealkylation sites (N-methyl/N-ethyl adjacent to an activating group) is 1. The predicted molar refractivity (Wildman–Crippen MR) is 77.3 cm³/mol. The molecule has 0 amide bonds. The fraction of sp³-hybridized carbons (Fsp3) is 0.500. The van der Waals surface area contributed by atoms with E-state index >= 15 is 0 Å². The predicted octanol–water partition coefficient (Wildman–Crippen LogP) is 3.15. The monoisotopic (exact) mass is 242 g/mol. The number of H-pyrrole nitrogens is 1. The molecule has 2 N–H and O–H groups in total. The summed E-state index contributed by atoms with van der Waals surface area (Å²) in [7, 11) is 2.05. The molecule has 1 unspecified atom stereocenters. The Morgan fingerprint density at radius 2 is 2.00 bits per heavy atom. The fourth-order valence-electron chi connectivity index (χ4n) is 2.95. The highest BCUT2D eigenvalue weighted by atomic mass is 14.9. The molecule has 1 aromatic heterocycles. The Labute approximate surface area is 109 Å². The quantitative estimate of drug-likeness (QED) is 0.790. The van der Waals surface area contributed by atoms with Crippen molar-refractivity contribution in [2.45, 2.75) is 45.1 Å². The first-order valence-corrected chi connectivity index (χ1v) is 6.80. The number of hydrogen-bond donors (Lipinski definition) is 2. The van der Waals surface area contributed by atoms with Gasteiger partial charge in [-0.15, -0.1) is 0 Å². The minimum Gasteiger partial charge on any atom is -0.358 e. The average Bonchev–Trinajstić information content (AvgIpc) is 2.83. The van der Waals surface area contributed by atoms with Crippen LogP contribution in [0.5, 0.6) is 0 Å². The first kappa shape index (κ1) is 11.8. The Balaban J connectivity index is 2.12. The van der Waals surface area contributed by atoms with Crippen LogP contribution in [-0.4, -0.2) is 18.1 Å². The van der Waals surface area contributed by atoms with Crippen LogP contribution in [0.3, 0.4) is 0 Å². The van der Waals surface area contributed by atoms with E-state index in [1.807, 2.05) is 0 Å². The molecule has 1 heterocycles. The lowest BCUT2D eigenvalue weighted by Gasteiger charge is -2.19. The van der Waals surface area contributed by atoms with Gasteiger partial charge in [0, 0.05) is 29.1 Å². The third kappa shape index (κ3) is 1.76. The minimum atomic E-state index is 0.222. The number of fused-ring (bicyclic) bond motifs is 3. The van der Waals surface area contributed by atoms with E-state index in [9.17, 15) is 0 Å². The zero-order chi connectivity index (χ0) is 12.9. The van der Waals surface area contributed by atoms with Gasteiger partial charge in [-0.2, -0.15) is 0 Å². The molecule has 2 nitrogen and oxygen atoms in total. The molecular weight excluding hydrogens is 220 g/mol. The molecule has 2 heteroatoms. The van der Waals surface area contributed by atoms with Gasteiger partial charge in [0.1, 0.15) is 0 Å². The van der Waals surface area contributed by atoms with Crippen molar-refractivity contribution in [3.8, 4) is 0 Å². The molecule has 0 bridgehead atoms. The second kappa shape index (κ2) is 3.86. The third-order valence-electron chi connectivity index (χ3n) is 4.17. The van der Waals surface area contributed by atoms with Gasteiger partial charge in [0.15, 0.2) is 0 Å². The molecule has 18 heavy (non-hydrogen) atoms. The van der Waals surface area contributed by atoms with Crippen molar-refractivity contribution >= 4 is 10.9 Å². The highest BCUT2D eigenvalue weighted by molar-refractivity contribution is 5.86. The molecule has 1 atom stereocenters. The summed E-state index contributed by atoms with van der Waals surface area (Å²) >= 11 is 0. The van der Waals surface area contributed by atoms with Crippen molar-refractivity contribution < 1.29 is 0 Å². The molecule has 1 aromatic carbocycles. The van der Waals surface area contributed by atoms with Gasteiger partial charge in [0.25, 0.3) is 0 Å². The van der Waals surface area contributed by atoms with E-state index in [0.717, 1.165) is 12.8 Å². The summed E-state index contributed by atoms with van der Waals surface area (Å²) in [4.78, 5) is 3.58. The van der Waals surface area contributed by atoms with E-state index in [2.05, 4.69) is 56.3 Å². The normalized spacial score (nSPS) is 19.4. The summed E-state index contributed by atoms with van der Waals surface area (Å²) < 4.78 is 0. The van der Waals surface area contributed by atoms with Gasteiger partial charge >= 0.3 is 0 Å². The molecule has 0 spiro atoms. The Morgan fingerprint density at radius 1 is 1.22 bits per heavy atom. The van der Waals surface area contributed by atoms with Gasteiger partial charge in [-0.25, -0.2) is 0 Å². The summed E-state index contributed by atoms with van der Waals surface area (Å²) in [6.07, 6.45) is 2.28. The molecule has 3 rings (SSSR count). The summed E-state index contributed by atoms with van der Waals surface area (Å²) in [6, 6.07) is 7.48.